The zero-order valence-electron chi connectivity index (χ0n) is 18.4. The number of aryl methyl sites for hydroxylation is 2. The van der Waals surface area contributed by atoms with E-state index in [0.717, 1.165) is 16.8 Å². The van der Waals surface area contributed by atoms with Gasteiger partial charge in [-0.05, 0) is 49.6 Å². The van der Waals surface area contributed by atoms with Crippen LogP contribution in [0.2, 0.25) is 0 Å². The Morgan fingerprint density at radius 2 is 1.81 bits per heavy atom. The average molecular weight is 451 g/mol. The first-order valence-electron chi connectivity index (χ1n) is 10.6. The lowest BCUT2D eigenvalue weighted by atomic mass is 10.1. The van der Waals surface area contributed by atoms with Gasteiger partial charge in [-0.3, -0.25) is 0 Å². The van der Waals surface area contributed by atoms with Gasteiger partial charge in [0, 0.05) is 17.7 Å². The lowest BCUT2D eigenvalue weighted by Crippen LogP contribution is -2.33. The molecule has 0 spiro atoms. The highest BCUT2D eigenvalue weighted by molar-refractivity contribution is 7.89. The molecule has 4 rings (SSSR count). The standard InChI is InChI=1S/C25H26N2O4S/c1-4-20-12-13-22(24-15-18(2)26-31-24)16-25(20)32(28,29)27(17-23-11-8-14-30-23)19(3)21-9-6-5-7-10-21/h5-16,19H,4,17H2,1-3H3/t19-/m1/s1. The van der Waals surface area contributed by atoms with E-state index in [2.05, 4.69) is 5.16 Å². The number of furan rings is 1. The third-order valence-corrected chi connectivity index (χ3v) is 7.55. The molecule has 4 aromatic rings. The van der Waals surface area contributed by atoms with Crippen molar-refractivity contribution in [2.75, 3.05) is 0 Å². The number of rotatable bonds is 8. The Balaban J connectivity index is 1.83. The van der Waals surface area contributed by atoms with Gasteiger partial charge in [0.25, 0.3) is 0 Å². The molecule has 0 N–H and O–H groups in total. The van der Waals surface area contributed by atoms with Crippen molar-refractivity contribution in [1.29, 1.82) is 0 Å². The molecule has 6 nitrogen and oxygen atoms in total. The van der Waals surface area contributed by atoms with Crippen molar-refractivity contribution in [2.24, 2.45) is 0 Å². The summed E-state index contributed by atoms with van der Waals surface area (Å²) in [6.07, 6.45) is 2.14. The maximum atomic E-state index is 14.1. The Bertz CT molecular complexity index is 1280. The first-order valence-corrected chi connectivity index (χ1v) is 12.0. The maximum Gasteiger partial charge on any atom is 0.244 e. The first-order chi connectivity index (χ1) is 15.4. The fourth-order valence-corrected chi connectivity index (χ4v) is 5.66. The zero-order chi connectivity index (χ0) is 22.7. The molecule has 0 unspecified atom stereocenters. The van der Waals surface area contributed by atoms with Crippen LogP contribution in [0.1, 0.15) is 42.5 Å². The van der Waals surface area contributed by atoms with Crippen LogP contribution in [0.3, 0.4) is 0 Å². The summed E-state index contributed by atoms with van der Waals surface area (Å²) in [5.74, 6) is 1.12. The van der Waals surface area contributed by atoms with Crippen molar-refractivity contribution in [1.82, 2.24) is 9.46 Å². The lowest BCUT2D eigenvalue weighted by Gasteiger charge is -2.29. The molecule has 32 heavy (non-hydrogen) atoms. The van der Waals surface area contributed by atoms with Crippen molar-refractivity contribution in [3.05, 3.63) is 95.6 Å². The van der Waals surface area contributed by atoms with Crippen molar-refractivity contribution in [3.63, 3.8) is 0 Å². The van der Waals surface area contributed by atoms with Gasteiger partial charge in [0.15, 0.2) is 5.76 Å². The summed E-state index contributed by atoms with van der Waals surface area (Å²) < 4.78 is 40.5. The predicted octanol–water partition coefficient (Wildman–Crippen LogP) is 5.76. The molecular weight excluding hydrogens is 424 g/mol. The van der Waals surface area contributed by atoms with E-state index < -0.39 is 16.1 Å². The number of aromatic nitrogens is 1. The molecule has 7 heteroatoms. The van der Waals surface area contributed by atoms with Crippen LogP contribution < -0.4 is 0 Å². The SMILES string of the molecule is CCc1ccc(-c2cc(C)no2)cc1S(=O)(=O)N(Cc1ccco1)[C@H](C)c1ccccc1. The van der Waals surface area contributed by atoms with Gasteiger partial charge in [-0.1, -0.05) is 54.5 Å². The summed E-state index contributed by atoms with van der Waals surface area (Å²) in [4.78, 5) is 0.265. The second kappa shape index (κ2) is 9.14. The molecule has 1 atom stereocenters. The topological polar surface area (TPSA) is 76.6 Å². The summed E-state index contributed by atoms with van der Waals surface area (Å²) in [7, 11) is -3.88. The molecular formula is C25H26N2O4S. The second-order valence-corrected chi connectivity index (χ2v) is 9.58. The number of hydrogen-bond acceptors (Lipinski definition) is 5. The van der Waals surface area contributed by atoms with Gasteiger partial charge < -0.3 is 8.94 Å². The Kier molecular flexibility index (Phi) is 6.30. The smallest absolute Gasteiger partial charge is 0.244 e. The van der Waals surface area contributed by atoms with Crippen molar-refractivity contribution >= 4 is 10.0 Å². The van der Waals surface area contributed by atoms with E-state index in [9.17, 15) is 8.42 Å². The highest BCUT2D eigenvalue weighted by atomic mass is 32.2. The third-order valence-electron chi connectivity index (χ3n) is 5.55. The molecule has 2 aromatic heterocycles. The van der Waals surface area contributed by atoms with Gasteiger partial charge in [0.2, 0.25) is 10.0 Å². The van der Waals surface area contributed by atoms with Gasteiger partial charge in [-0.15, -0.1) is 0 Å². The van der Waals surface area contributed by atoms with E-state index in [0.29, 0.717) is 23.5 Å². The fraction of sp³-hybridized carbons (Fsp3) is 0.240. The first kappa shape index (κ1) is 22.0. The molecule has 0 saturated carbocycles. The van der Waals surface area contributed by atoms with Crippen LogP contribution in [-0.2, 0) is 23.0 Å². The van der Waals surface area contributed by atoms with Crippen LogP contribution >= 0.6 is 0 Å². The molecule has 0 bridgehead atoms. The average Bonchev–Trinajstić information content (AvgIpc) is 3.49. The molecule has 0 saturated heterocycles. The minimum atomic E-state index is -3.88. The predicted molar refractivity (Wildman–Crippen MR) is 122 cm³/mol. The number of benzene rings is 2. The quantitative estimate of drug-likeness (QED) is 0.341. The van der Waals surface area contributed by atoms with E-state index in [-0.39, 0.29) is 11.4 Å². The Labute approximate surface area is 188 Å². The van der Waals surface area contributed by atoms with Crippen LogP contribution in [0.15, 0.2) is 86.8 Å². The van der Waals surface area contributed by atoms with Crippen molar-refractivity contribution in [2.45, 2.75) is 44.7 Å². The fourth-order valence-electron chi connectivity index (χ4n) is 3.75. The maximum absolute atomic E-state index is 14.1. The molecule has 0 fully saturated rings. The van der Waals surface area contributed by atoms with Gasteiger partial charge in [-0.25, -0.2) is 8.42 Å². The number of hydrogen-bond donors (Lipinski definition) is 0. The number of nitrogens with zero attached hydrogens (tertiary/aromatic N) is 2. The molecule has 0 aliphatic carbocycles. The molecule has 0 radical (unpaired) electrons. The van der Waals surface area contributed by atoms with E-state index in [1.807, 2.05) is 63.2 Å². The van der Waals surface area contributed by atoms with Gasteiger partial charge in [0.05, 0.1) is 23.4 Å². The Morgan fingerprint density at radius 1 is 1.03 bits per heavy atom. The monoisotopic (exact) mass is 450 g/mol. The van der Waals surface area contributed by atoms with Crippen LogP contribution in [0.5, 0.6) is 0 Å². The minimum Gasteiger partial charge on any atom is -0.468 e. The Hall–Kier alpha value is -3.16. The van der Waals surface area contributed by atoms with Crippen molar-refractivity contribution in [3.8, 4) is 11.3 Å². The molecule has 2 aromatic carbocycles. The summed E-state index contributed by atoms with van der Waals surface area (Å²) in [5.41, 5.74) is 3.06. The van der Waals surface area contributed by atoms with E-state index in [4.69, 9.17) is 8.94 Å². The van der Waals surface area contributed by atoms with E-state index in [1.54, 1.807) is 30.5 Å². The zero-order valence-corrected chi connectivity index (χ0v) is 19.2. The van der Waals surface area contributed by atoms with Crippen molar-refractivity contribution < 1.29 is 17.4 Å². The van der Waals surface area contributed by atoms with Crippen LogP contribution in [0, 0.1) is 6.92 Å². The summed E-state index contributed by atoms with van der Waals surface area (Å²) >= 11 is 0. The molecule has 0 aliphatic heterocycles. The lowest BCUT2D eigenvalue weighted by molar-refractivity contribution is 0.307. The highest BCUT2D eigenvalue weighted by Gasteiger charge is 2.33. The van der Waals surface area contributed by atoms with Gasteiger partial charge in [0.1, 0.15) is 5.76 Å². The van der Waals surface area contributed by atoms with Gasteiger partial charge >= 0.3 is 0 Å². The summed E-state index contributed by atoms with van der Waals surface area (Å²) in [5, 5.41) is 3.93. The minimum absolute atomic E-state index is 0.125. The normalized spacial score (nSPS) is 12.9. The van der Waals surface area contributed by atoms with Crippen LogP contribution in [0.25, 0.3) is 11.3 Å². The summed E-state index contributed by atoms with van der Waals surface area (Å²) in [6, 6.07) is 20.0. The summed E-state index contributed by atoms with van der Waals surface area (Å²) in [6.45, 7) is 5.80. The second-order valence-electron chi connectivity index (χ2n) is 7.72. The number of sulfonamides is 1. The van der Waals surface area contributed by atoms with E-state index >= 15 is 0 Å². The van der Waals surface area contributed by atoms with Gasteiger partial charge in [-0.2, -0.15) is 4.31 Å². The molecule has 2 heterocycles. The Morgan fingerprint density at radius 3 is 2.44 bits per heavy atom. The largest absolute Gasteiger partial charge is 0.468 e. The van der Waals surface area contributed by atoms with E-state index in [1.165, 1.54) is 4.31 Å². The molecule has 0 amide bonds. The highest BCUT2D eigenvalue weighted by Crippen LogP contribution is 2.33. The molecule has 166 valence electrons. The third kappa shape index (κ3) is 4.40. The molecule has 0 aliphatic rings. The van der Waals surface area contributed by atoms with Crippen LogP contribution in [-0.4, -0.2) is 17.9 Å². The van der Waals surface area contributed by atoms with Crippen LogP contribution in [0.4, 0.5) is 0 Å².